The van der Waals surface area contributed by atoms with E-state index in [4.69, 9.17) is 18.9 Å². The summed E-state index contributed by atoms with van der Waals surface area (Å²) in [5.74, 6) is 0.988. The molecule has 0 spiro atoms. The lowest BCUT2D eigenvalue weighted by Gasteiger charge is -2.10. The minimum Gasteiger partial charge on any atom is -0.493 e. The molecular weight excluding hydrogens is 348 g/mol. The number of benzene rings is 2. The summed E-state index contributed by atoms with van der Waals surface area (Å²) in [6.45, 7) is 3.56. The average molecular weight is 372 g/mol. The van der Waals surface area contributed by atoms with Gasteiger partial charge in [0.15, 0.2) is 30.5 Å². The number of ketones is 1. The Morgan fingerprint density at radius 2 is 1.56 bits per heavy atom. The van der Waals surface area contributed by atoms with Gasteiger partial charge < -0.3 is 18.9 Å². The van der Waals surface area contributed by atoms with Gasteiger partial charge in [-0.3, -0.25) is 4.79 Å². The van der Waals surface area contributed by atoms with Crippen LogP contribution in [0.1, 0.15) is 35.7 Å². The Labute approximate surface area is 159 Å². The third-order valence-electron chi connectivity index (χ3n) is 3.97. The van der Waals surface area contributed by atoms with Crippen molar-refractivity contribution >= 4 is 11.8 Å². The summed E-state index contributed by atoms with van der Waals surface area (Å²) in [5, 5.41) is 0. The molecule has 0 radical (unpaired) electrons. The Bertz CT molecular complexity index is 780. The monoisotopic (exact) mass is 372 g/mol. The number of rotatable bonds is 9. The molecule has 0 aliphatic carbocycles. The summed E-state index contributed by atoms with van der Waals surface area (Å²) < 4.78 is 20.7. The van der Waals surface area contributed by atoms with E-state index in [-0.39, 0.29) is 19.0 Å². The van der Waals surface area contributed by atoms with Crippen LogP contribution in [0, 0.1) is 0 Å². The van der Waals surface area contributed by atoms with Crippen LogP contribution in [-0.2, 0) is 9.53 Å². The molecule has 0 saturated carbocycles. The Morgan fingerprint density at radius 1 is 0.889 bits per heavy atom. The van der Waals surface area contributed by atoms with Gasteiger partial charge in [-0.15, -0.1) is 0 Å². The van der Waals surface area contributed by atoms with Crippen LogP contribution in [0.15, 0.2) is 42.5 Å². The molecule has 6 heteroatoms. The third-order valence-corrected chi connectivity index (χ3v) is 3.97. The zero-order valence-electron chi connectivity index (χ0n) is 16.0. The number of carbonyl (C=O) groups is 2. The summed E-state index contributed by atoms with van der Waals surface area (Å²) in [6.07, 6.45) is 0. The maximum Gasteiger partial charge on any atom is 0.344 e. The second kappa shape index (κ2) is 9.62. The third kappa shape index (κ3) is 5.74. The molecule has 2 rings (SSSR count). The van der Waals surface area contributed by atoms with Crippen LogP contribution < -0.4 is 14.2 Å². The number of hydrogen-bond donors (Lipinski definition) is 0. The highest BCUT2D eigenvalue weighted by atomic mass is 16.6. The van der Waals surface area contributed by atoms with Gasteiger partial charge in [0.1, 0.15) is 5.75 Å². The van der Waals surface area contributed by atoms with Crippen LogP contribution in [0.3, 0.4) is 0 Å². The van der Waals surface area contributed by atoms with E-state index >= 15 is 0 Å². The zero-order valence-corrected chi connectivity index (χ0v) is 16.0. The Hall–Kier alpha value is -3.02. The van der Waals surface area contributed by atoms with Gasteiger partial charge in [0.05, 0.1) is 14.2 Å². The van der Waals surface area contributed by atoms with Gasteiger partial charge in [-0.2, -0.15) is 0 Å². The molecule has 2 aromatic rings. The van der Waals surface area contributed by atoms with Crippen molar-refractivity contribution in [2.45, 2.75) is 19.8 Å². The maximum absolute atomic E-state index is 12.2. The van der Waals surface area contributed by atoms with Crippen molar-refractivity contribution in [3.8, 4) is 17.2 Å². The predicted octanol–water partition coefficient (Wildman–Crippen LogP) is 3.63. The molecule has 0 fully saturated rings. The van der Waals surface area contributed by atoms with Crippen molar-refractivity contribution in [1.29, 1.82) is 0 Å². The van der Waals surface area contributed by atoms with E-state index in [1.807, 2.05) is 12.1 Å². The molecule has 2 aromatic carbocycles. The van der Waals surface area contributed by atoms with Gasteiger partial charge in [0, 0.05) is 5.56 Å². The van der Waals surface area contributed by atoms with Crippen molar-refractivity contribution in [3.05, 3.63) is 53.6 Å². The molecule has 0 amide bonds. The molecule has 0 N–H and O–H groups in total. The molecule has 0 aliphatic heterocycles. The minimum absolute atomic E-state index is 0.264. The molecule has 0 aliphatic rings. The van der Waals surface area contributed by atoms with E-state index in [0.717, 1.165) is 0 Å². The fourth-order valence-electron chi connectivity index (χ4n) is 2.37. The highest BCUT2D eigenvalue weighted by Crippen LogP contribution is 2.27. The lowest BCUT2D eigenvalue weighted by Crippen LogP contribution is -2.19. The van der Waals surface area contributed by atoms with E-state index in [1.54, 1.807) is 30.3 Å². The number of Topliss-reactive ketones (excluding diaryl/α,β-unsaturated/α-hetero) is 1. The molecule has 0 unspecified atom stereocenters. The molecule has 144 valence electrons. The van der Waals surface area contributed by atoms with E-state index in [0.29, 0.717) is 28.7 Å². The zero-order chi connectivity index (χ0) is 19.8. The Morgan fingerprint density at radius 3 is 2.15 bits per heavy atom. The van der Waals surface area contributed by atoms with Crippen LogP contribution in [0.2, 0.25) is 0 Å². The minimum atomic E-state index is -0.614. The van der Waals surface area contributed by atoms with Crippen molar-refractivity contribution in [1.82, 2.24) is 0 Å². The lowest BCUT2D eigenvalue weighted by molar-refractivity contribution is -0.144. The van der Waals surface area contributed by atoms with E-state index in [9.17, 15) is 9.59 Å². The summed E-state index contributed by atoms with van der Waals surface area (Å²) in [4.78, 5) is 24.0. The van der Waals surface area contributed by atoms with Gasteiger partial charge in [-0.25, -0.2) is 4.79 Å². The number of ether oxygens (including phenoxy) is 4. The molecular formula is C21H24O6. The normalized spacial score (nSPS) is 10.4. The van der Waals surface area contributed by atoms with Gasteiger partial charge >= 0.3 is 5.97 Å². The predicted molar refractivity (Wildman–Crippen MR) is 101 cm³/mol. The fraction of sp³-hybridized carbons (Fsp3) is 0.333. The van der Waals surface area contributed by atoms with Crippen molar-refractivity contribution < 1.29 is 28.5 Å². The highest BCUT2D eigenvalue weighted by molar-refractivity contribution is 5.98. The van der Waals surface area contributed by atoms with Crippen LogP contribution in [-0.4, -0.2) is 39.2 Å². The van der Waals surface area contributed by atoms with Crippen LogP contribution >= 0.6 is 0 Å². The fourth-order valence-corrected chi connectivity index (χ4v) is 2.37. The standard InChI is InChI=1S/C21H24O6/c1-14(2)15-5-8-17(9-6-15)26-13-21(23)27-12-18(22)16-7-10-19(24-3)20(11-16)25-4/h5-11,14H,12-13H2,1-4H3. The number of carbonyl (C=O) groups excluding carboxylic acids is 2. The number of esters is 1. The molecule has 0 aromatic heterocycles. The summed E-state index contributed by atoms with van der Waals surface area (Å²) in [7, 11) is 2.99. The van der Waals surface area contributed by atoms with Crippen molar-refractivity contribution in [3.63, 3.8) is 0 Å². The van der Waals surface area contributed by atoms with E-state index in [1.165, 1.54) is 19.8 Å². The SMILES string of the molecule is COc1ccc(C(=O)COC(=O)COc2ccc(C(C)C)cc2)cc1OC. The summed E-state index contributed by atoms with van der Waals surface area (Å²) >= 11 is 0. The first kappa shape index (κ1) is 20.3. The van der Waals surface area contributed by atoms with Crippen molar-refractivity contribution in [2.75, 3.05) is 27.4 Å². The summed E-state index contributed by atoms with van der Waals surface area (Å²) in [5.41, 5.74) is 1.55. The quantitative estimate of drug-likeness (QED) is 0.494. The maximum atomic E-state index is 12.2. The first-order chi connectivity index (χ1) is 12.9. The van der Waals surface area contributed by atoms with Gasteiger partial charge in [0.2, 0.25) is 0 Å². The molecule has 0 atom stereocenters. The largest absolute Gasteiger partial charge is 0.493 e. The summed E-state index contributed by atoms with van der Waals surface area (Å²) in [6, 6.07) is 12.3. The first-order valence-corrected chi connectivity index (χ1v) is 8.58. The Kier molecular flexibility index (Phi) is 7.23. The van der Waals surface area contributed by atoms with Crippen molar-refractivity contribution in [2.24, 2.45) is 0 Å². The van der Waals surface area contributed by atoms with E-state index < -0.39 is 5.97 Å². The molecule has 0 saturated heterocycles. The van der Waals surface area contributed by atoms with Gasteiger partial charge in [-0.1, -0.05) is 26.0 Å². The number of methoxy groups -OCH3 is 2. The molecule has 27 heavy (non-hydrogen) atoms. The average Bonchev–Trinajstić information content (AvgIpc) is 2.70. The second-order valence-electron chi connectivity index (χ2n) is 6.17. The molecule has 0 bridgehead atoms. The topological polar surface area (TPSA) is 71.1 Å². The first-order valence-electron chi connectivity index (χ1n) is 8.58. The van der Waals surface area contributed by atoms with E-state index in [2.05, 4.69) is 13.8 Å². The highest BCUT2D eigenvalue weighted by Gasteiger charge is 2.13. The second-order valence-corrected chi connectivity index (χ2v) is 6.17. The van der Waals surface area contributed by atoms with Gasteiger partial charge in [-0.05, 0) is 41.8 Å². The lowest BCUT2D eigenvalue weighted by atomic mass is 10.0. The number of hydrogen-bond acceptors (Lipinski definition) is 6. The van der Waals surface area contributed by atoms with Crippen LogP contribution in [0.5, 0.6) is 17.2 Å². The molecule has 6 nitrogen and oxygen atoms in total. The molecule has 0 heterocycles. The van der Waals surface area contributed by atoms with Gasteiger partial charge in [0.25, 0.3) is 0 Å². The van der Waals surface area contributed by atoms with Crippen LogP contribution in [0.25, 0.3) is 0 Å². The van der Waals surface area contributed by atoms with Crippen LogP contribution in [0.4, 0.5) is 0 Å². The Balaban J connectivity index is 1.83. The smallest absolute Gasteiger partial charge is 0.344 e.